The zero-order valence-electron chi connectivity index (χ0n) is 30.2. The Hall–Kier alpha value is -4.35. The average molecular weight is 685 g/mol. The number of aromatic nitrogens is 5. The molecule has 0 spiro atoms. The molecule has 5 aromatic rings. The minimum absolute atomic E-state index is 0.0615. The van der Waals surface area contributed by atoms with E-state index in [9.17, 15) is 0 Å². The normalized spacial score (nSPS) is 12.1. The van der Waals surface area contributed by atoms with E-state index in [0.29, 0.717) is 36.9 Å². The van der Waals surface area contributed by atoms with Gasteiger partial charge in [-0.3, -0.25) is 4.68 Å². The Kier molecular flexibility index (Phi) is 11.0. The van der Waals surface area contributed by atoms with Gasteiger partial charge in [-0.2, -0.15) is 9.49 Å². The quantitative estimate of drug-likeness (QED) is 0.0651. The second-order valence-electron chi connectivity index (χ2n) is 14.2. The molecule has 4 aromatic heterocycles. The van der Waals surface area contributed by atoms with Gasteiger partial charge in [-0.1, -0.05) is 39.0 Å². The molecule has 0 fully saturated rings. The van der Waals surface area contributed by atoms with Gasteiger partial charge in [0.05, 0.1) is 36.4 Å². The van der Waals surface area contributed by atoms with Crippen molar-refractivity contribution in [2.24, 2.45) is 0 Å². The highest BCUT2D eigenvalue weighted by atomic mass is 28.4. The van der Waals surface area contributed by atoms with E-state index in [1.54, 1.807) is 25.4 Å². The number of benzene rings is 1. The van der Waals surface area contributed by atoms with Crippen LogP contribution in [0.1, 0.15) is 63.9 Å². The second kappa shape index (κ2) is 15.0. The Balaban J connectivity index is 1.56. The summed E-state index contributed by atoms with van der Waals surface area (Å²) in [4.78, 5) is 15.9. The lowest BCUT2D eigenvalue weighted by Crippen LogP contribution is -2.41. The number of nitrogens with zero attached hydrogens (tertiary/aromatic N) is 6. The largest absolute Gasteiger partial charge is 0.497 e. The van der Waals surface area contributed by atoms with Crippen molar-refractivity contribution in [1.29, 1.82) is 0 Å². The summed E-state index contributed by atoms with van der Waals surface area (Å²) in [5, 5.41) is 5.07. The number of hydrogen-bond donors (Lipinski definition) is 0. The van der Waals surface area contributed by atoms with Crippen LogP contribution in [0.3, 0.4) is 0 Å². The monoisotopic (exact) mass is 684 g/mol. The van der Waals surface area contributed by atoms with Gasteiger partial charge >= 0.3 is 0 Å². The van der Waals surface area contributed by atoms with Crippen LogP contribution in [0.4, 0.5) is 10.1 Å². The number of hydrogen-bond acceptors (Lipinski definition) is 8. The van der Waals surface area contributed by atoms with Crippen molar-refractivity contribution in [2.45, 2.75) is 85.2 Å². The van der Waals surface area contributed by atoms with Crippen molar-refractivity contribution in [2.75, 3.05) is 25.2 Å². The van der Waals surface area contributed by atoms with E-state index in [4.69, 9.17) is 24.0 Å². The molecule has 4 heterocycles. The van der Waals surface area contributed by atoms with Gasteiger partial charge in [0.15, 0.2) is 8.32 Å². The van der Waals surface area contributed by atoms with Gasteiger partial charge in [0.2, 0.25) is 11.8 Å². The van der Waals surface area contributed by atoms with Crippen molar-refractivity contribution >= 4 is 25.0 Å². The Morgan fingerprint density at radius 1 is 0.959 bits per heavy atom. The van der Waals surface area contributed by atoms with Crippen LogP contribution in [0.15, 0.2) is 67.0 Å². The maximum Gasteiger partial charge on any atom is 0.222 e. The number of anilines is 1. The third kappa shape index (κ3) is 8.28. The van der Waals surface area contributed by atoms with Crippen LogP contribution >= 0.6 is 0 Å². The number of ether oxygens (including phenoxy) is 2. The fourth-order valence-corrected chi connectivity index (χ4v) is 6.50. The summed E-state index contributed by atoms with van der Waals surface area (Å²) in [5.41, 5.74) is 6.30. The van der Waals surface area contributed by atoms with E-state index in [-0.39, 0.29) is 17.6 Å². The van der Waals surface area contributed by atoms with Gasteiger partial charge in [0, 0.05) is 50.1 Å². The van der Waals surface area contributed by atoms with Crippen molar-refractivity contribution in [3.63, 3.8) is 0 Å². The Morgan fingerprint density at radius 3 is 2.35 bits per heavy atom. The molecule has 260 valence electrons. The number of pyridine rings is 3. The summed E-state index contributed by atoms with van der Waals surface area (Å²) < 4.78 is 35.2. The standard InChI is InChI=1S/C38H49FN6O3Si/c1-26(2)45-35-33(44(25-29-13-10-19-40-36(29)39)24-28-15-17-30(46-7)18-16-28)23-32(42-34(35)27(3)43-45)31-14-11-20-41-37(31)47-21-12-22-48-49(8,9)38(4,5)6/h10-11,13-20,23,26H,12,21-22,24-25H2,1-9H3. The Labute approximate surface area is 290 Å². The maximum atomic E-state index is 15.1. The van der Waals surface area contributed by atoms with Gasteiger partial charge in [0.25, 0.3) is 0 Å². The molecule has 0 atom stereocenters. The van der Waals surface area contributed by atoms with Crippen molar-refractivity contribution in [3.05, 3.63) is 89.8 Å². The first-order valence-corrected chi connectivity index (χ1v) is 19.8. The van der Waals surface area contributed by atoms with E-state index in [2.05, 4.69) is 62.6 Å². The molecule has 0 aliphatic heterocycles. The number of halogens is 1. The molecular formula is C38H49FN6O3Si. The Morgan fingerprint density at radius 2 is 1.67 bits per heavy atom. The molecule has 1 aromatic carbocycles. The van der Waals surface area contributed by atoms with Gasteiger partial charge in [0.1, 0.15) is 16.8 Å². The van der Waals surface area contributed by atoms with Crippen molar-refractivity contribution in [3.8, 4) is 22.9 Å². The van der Waals surface area contributed by atoms with Crippen molar-refractivity contribution in [1.82, 2.24) is 24.7 Å². The third-order valence-corrected chi connectivity index (χ3v) is 13.7. The van der Waals surface area contributed by atoms with E-state index in [1.807, 2.05) is 54.1 Å². The smallest absolute Gasteiger partial charge is 0.222 e. The molecule has 0 radical (unpaired) electrons. The molecule has 0 unspecified atom stereocenters. The van der Waals surface area contributed by atoms with Crippen molar-refractivity contribution < 1.29 is 18.3 Å². The minimum Gasteiger partial charge on any atom is -0.497 e. The zero-order chi connectivity index (χ0) is 35.3. The van der Waals surface area contributed by atoms with Gasteiger partial charge in [-0.25, -0.2) is 15.0 Å². The van der Waals surface area contributed by atoms with E-state index < -0.39 is 14.3 Å². The lowest BCUT2D eigenvalue weighted by molar-refractivity contribution is 0.230. The summed E-state index contributed by atoms with van der Waals surface area (Å²) in [6, 6.07) is 17.4. The van der Waals surface area contributed by atoms with Crippen LogP contribution in [0.25, 0.3) is 22.3 Å². The highest BCUT2D eigenvalue weighted by Gasteiger charge is 2.36. The summed E-state index contributed by atoms with van der Waals surface area (Å²) in [7, 11) is -0.196. The van der Waals surface area contributed by atoms with Crippen LogP contribution in [-0.2, 0) is 17.5 Å². The molecule has 9 nitrogen and oxygen atoms in total. The van der Waals surface area contributed by atoms with Crippen LogP contribution in [-0.4, -0.2) is 53.4 Å². The SMILES string of the molecule is COc1ccc(CN(Cc2cccnc2F)c2cc(-c3cccnc3OCCCO[Si](C)(C)C(C)(C)C)nc3c(C)nn(C(C)C)c23)cc1. The first kappa shape index (κ1) is 35.9. The predicted molar refractivity (Wildman–Crippen MR) is 196 cm³/mol. The molecule has 0 aliphatic carbocycles. The van der Waals surface area contributed by atoms with Gasteiger partial charge < -0.3 is 18.8 Å². The lowest BCUT2D eigenvalue weighted by Gasteiger charge is -2.36. The van der Waals surface area contributed by atoms with E-state index in [1.165, 1.54) is 6.20 Å². The number of rotatable bonds is 14. The van der Waals surface area contributed by atoms with E-state index >= 15 is 4.39 Å². The first-order chi connectivity index (χ1) is 23.3. The zero-order valence-corrected chi connectivity index (χ0v) is 31.2. The maximum absolute atomic E-state index is 15.1. The predicted octanol–water partition coefficient (Wildman–Crippen LogP) is 8.92. The van der Waals surface area contributed by atoms with Crippen LogP contribution in [0.5, 0.6) is 11.6 Å². The molecule has 5 rings (SSSR count). The molecule has 0 N–H and O–H groups in total. The summed E-state index contributed by atoms with van der Waals surface area (Å²) in [5.74, 6) is 0.773. The number of methoxy groups -OCH3 is 1. The minimum atomic E-state index is -1.85. The molecule has 0 saturated heterocycles. The molecule has 11 heteroatoms. The second-order valence-corrected chi connectivity index (χ2v) is 19.0. The molecule has 0 bridgehead atoms. The summed E-state index contributed by atoms with van der Waals surface area (Å²) >= 11 is 0. The summed E-state index contributed by atoms with van der Waals surface area (Å²) in [6.07, 6.45) is 3.94. The number of fused-ring (bicyclic) bond motifs is 1. The highest BCUT2D eigenvalue weighted by Crippen LogP contribution is 2.38. The first-order valence-electron chi connectivity index (χ1n) is 16.9. The molecule has 0 amide bonds. The summed E-state index contributed by atoms with van der Waals surface area (Å²) in [6.45, 7) is 19.3. The Bertz CT molecular complexity index is 1870. The lowest BCUT2D eigenvalue weighted by atomic mass is 10.1. The molecular weight excluding hydrogens is 636 g/mol. The van der Waals surface area contributed by atoms with Crippen LogP contribution < -0.4 is 14.4 Å². The highest BCUT2D eigenvalue weighted by molar-refractivity contribution is 6.74. The van der Waals surface area contributed by atoms with Gasteiger partial charge in [-0.05, 0) is 80.9 Å². The van der Waals surface area contributed by atoms with E-state index in [0.717, 1.165) is 45.7 Å². The third-order valence-electron chi connectivity index (χ3n) is 9.21. The van der Waals surface area contributed by atoms with Crippen LogP contribution in [0, 0.1) is 12.9 Å². The average Bonchev–Trinajstić information content (AvgIpc) is 3.41. The van der Waals surface area contributed by atoms with Gasteiger partial charge in [-0.15, -0.1) is 0 Å². The van der Waals surface area contributed by atoms with Crippen LogP contribution in [0.2, 0.25) is 18.1 Å². The molecule has 0 aliphatic rings. The topological polar surface area (TPSA) is 87.4 Å². The molecule has 49 heavy (non-hydrogen) atoms. The fraction of sp³-hybridized carbons (Fsp3) is 0.421. The molecule has 0 saturated carbocycles. The number of aryl methyl sites for hydroxylation is 1. The fourth-order valence-electron chi connectivity index (χ4n) is 5.41.